The molecule has 1 fully saturated rings. The molecule has 5 rings (SSSR count). The number of hydrogen-bond donors (Lipinski definition) is 0. The van der Waals surface area contributed by atoms with E-state index in [0.29, 0.717) is 46.9 Å². The number of Topliss-reactive ketones (excluding diaryl/α,β-unsaturated/α-hetero) is 1. The van der Waals surface area contributed by atoms with Gasteiger partial charge in [0, 0.05) is 36.8 Å². The van der Waals surface area contributed by atoms with Gasteiger partial charge in [-0.3, -0.25) is 14.6 Å². The van der Waals surface area contributed by atoms with E-state index in [9.17, 15) is 14.0 Å². The molecule has 0 spiro atoms. The number of benzene rings is 1. The second kappa shape index (κ2) is 8.51. The van der Waals surface area contributed by atoms with Crippen molar-refractivity contribution in [1.82, 2.24) is 25.1 Å². The number of pyridine rings is 1. The number of thiazole rings is 1. The van der Waals surface area contributed by atoms with Crippen molar-refractivity contribution >= 4 is 33.9 Å². The van der Waals surface area contributed by atoms with E-state index in [1.807, 2.05) is 24.3 Å². The fourth-order valence-corrected chi connectivity index (χ4v) is 4.86. The van der Waals surface area contributed by atoms with Gasteiger partial charge in [-0.15, -0.1) is 11.3 Å². The van der Waals surface area contributed by atoms with Gasteiger partial charge in [0.05, 0.1) is 22.2 Å². The van der Waals surface area contributed by atoms with Gasteiger partial charge in [-0.1, -0.05) is 18.2 Å². The molecule has 1 aliphatic rings. The molecule has 0 bridgehead atoms. The van der Waals surface area contributed by atoms with E-state index in [0.717, 1.165) is 16.7 Å². The van der Waals surface area contributed by atoms with Crippen molar-refractivity contribution in [2.24, 2.45) is 5.92 Å². The molecule has 0 N–H and O–H groups in total. The van der Waals surface area contributed by atoms with Crippen molar-refractivity contribution in [1.29, 1.82) is 0 Å². The van der Waals surface area contributed by atoms with Crippen LogP contribution in [0.5, 0.6) is 0 Å². The summed E-state index contributed by atoms with van der Waals surface area (Å²) < 4.78 is 14.0. The lowest BCUT2D eigenvalue weighted by Gasteiger charge is -2.31. The number of halogens is 1. The van der Waals surface area contributed by atoms with Gasteiger partial charge < -0.3 is 4.90 Å². The van der Waals surface area contributed by atoms with Crippen LogP contribution >= 0.6 is 11.3 Å². The standard InChI is InChI=1S/C23H18FN5O2S/c24-17-5-3-9-25-20(17)19-13-26-22(32-19)21(30)14-7-10-29(11-8-14)23(31)16-12-27-28-18-6-2-1-4-15(16)18/h1-6,9,12-14H,7-8,10-11H2. The molecular weight excluding hydrogens is 429 g/mol. The maximum Gasteiger partial charge on any atom is 0.256 e. The number of rotatable bonds is 4. The highest BCUT2D eigenvalue weighted by Crippen LogP contribution is 2.30. The second-order valence-electron chi connectivity index (χ2n) is 7.57. The minimum Gasteiger partial charge on any atom is -0.339 e. The number of ketones is 1. The average molecular weight is 447 g/mol. The fourth-order valence-electron chi connectivity index (χ4n) is 3.93. The Morgan fingerprint density at radius 2 is 1.84 bits per heavy atom. The van der Waals surface area contributed by atoms with Crippen molar-refractivity contribution in [3.63, 3.8) is 0 Å². The topological polar surface area (TPSA) is 88.9 Å². The van der Waals surface area contributed by atoms with Gasteiger partial charge in [0.15, 0.2) is 10.8 Å². The van der Waals surface area contributed by atoms with Crippen LogP contribution in [0.3, 0.4) is 0 Å². The number of piperidine rings is 1. The van der Waals surface area contributed by atoms with Gasteiger partial charge in [0.2, 0.25) is 0 Å². The SMILES string of the molecule is O=C(c1ncc(-c2ncccc2F)s1)C1CCN(C(=O)c2cnnc3ccccc23)CC1. The first-order chi connectivity index (χ1) is 15.6. The van der Waals surface area contributed by atoms with Crippen molar-refractivity contribution in [3.05, 3.63) is 71.4 Å². The van der Waals surface area contributed by atoms with E-state index in [1.165, 1.54) is 30.7 Å². The minimum atomic E-state index is -0.444. The predicted octanol–water partition coefficient (Wildman–Crippen LogP) is 4.02. The number of aromatic nitrogens is 4. The zero-order valence-corrected chi connectivity index (χ0v) is 17.8. The van der Waals surface area contributed by atoms with E-state index >= 15 is 0 Å². The Morgan fingerprint density at radius 3 is 2.66 bits per heavy atom. The normalized spacial score (nSPS) is 14.6. The third kappa shape index (κ3) is 3.75. The van der Waals surface area contributed by atoms with Crippen LogP contribution in [0.25, 0.3) is 21.5 Å². The minimum absolute atomic E-state index is 0.0688. The van der Waals surface area contributed by atoms with Crippen LogP contribution < -0.4 is 0 Å². The van der Waals surface area contributed by atoms with E-state index in [2.05, 4.69) is 20.2 Å². The monoisotopic (exact) mass is 447 g/mol. The van der Waals surface area contributed by atoms with Crippen molar-refractivity contribution < 1.29 is 14.0 Å². The summed E-state index contributed by atoms with van der Waals surface area (Å²) in [6, 6.07) is 10.3. The van der Waals surface area contributed by atoms with Gasteiger partial charge in [0.1, 0.15) is 11.5 Å². The Bertz CT molecular complexity index is 1310. The molecule has 32 heavy (non-hydrogen) atoms. The van der Waals surface area contributed by atoms with Crippen LogP contribution in [0.1, 0.15) is 33.0 Å². The number of amides is 1. The molecule has 3 aromatic heterocycles. The lowest BCUT2D eigenvalue weighted by atomic mass is 9.92. The molecule has 0 radical (unpaired) electrons. The highest BCUT2D eigenvalue weighted by atomic mass is 32.1. The number of likely N-dealkylation sites (tertiary alicyclic amines) is 1. The van der Waals surface area contributed by atoms with E-state index in [1.54, 1.807) is 4.90 Å². The summed E-state index contributed by atoms with van der Waals surface area (Å²) in [7, 11) is 0. The fraction of sp³-hybridized carbons (Fsp3) is 0.217. The molecule has 1 aromatic carbocycles. The van der Waals surface area contributed by atoms with Gasteiger partial charge >= 0.3 is 0 Å². The quantitative estimate of drug-likeness (QED) is 0.439. The molecular formula is C23H18FN5O2S. The number of carbonyl (C=O) groups excluding carboxylic acids is 2. The summed E-state index contributed by atoms with van der Waals surface area (Å²) in [6.45, 7) is 0.942. The van der Waals surface area contributed by atoms with Crippen LogP contribution in [0.15, 0.2) is 55.0 Å². The van der Waals surface area contributed by atoms with Gasteiger partial charge in [-0.05, 0) is 31.0 Å². The summed E-state index contributed by atoms with van der Waals surface area (Å²) in [5.41, 5.74) is 1.39. The molecule has 4 aromatic rings. The molecule has 1 amide bonds. The predicted molar refractivity (Wildman–Crippen MR) is 118 cm³/mol. The van der Waals surface area contributed by atoms with E-state index in [-0.39, 0.29) is 23.3 Å². The summed E-state index contributed by atoms with van der Waals surface area (Å²) in [5, 5.41) is 9.14. The molecule has 0 unspecified atom stereocenters. The summed E-state index contributed by atoms with van der Waals surface area (Å²) in [6.07, 6.45) is 5.59. The van der Waals surface area contributed by atoms with Gasteiger partial charge in [-0.25, -0.2) is 9.37 Å². The second-order valence-corrected chi connectivity index (χ2v) is 8.60. The Morgan fingerprint density at radius 1 is 1.03 bits per heavy atom. The summed E-state index contributed by atoms with van der Waals surface area (Å²) >= 11 is 1.15. The van der Waals surface area contributed by atoms with Gasteiger partial charge in [-0.2, -0.15) is 10.2 Å². The van der Waals surface area contributed by atoms with Crippen LogP contribution in [-0.4, -0.2) is 49.8 Å². The highest BCUT2D eigenvalue weighted by molar-refractivity contribution is 7.17. The van der Waals surface area contributed by atoms with Crippen molar-refractivity contribution in [2.45, 2.75) is 12.8 Å². The number of carbonyl (C=O) groups is 2. The Kier molecular flexibility index (Phi) is 5.40. The Hall–Kier alpha value is -3.59. The third-order valence-corrected chi connectivity index (χ3v) is 6.66. The number of hydrogen-bond acceptors (Lipinski definition) is 7. The molecule has 0 atom stereocenters. The van der Waals surface area contributed by atoms with E-state index in [4.69, 9.17) is 0 Å². The number of nitrogens with zero attached hydrogens (tertiary/aromatic N) is 5. The lowest BCUT2D eigenvalue weighted by molar-refractivity contribution is 0.0651. The zero-order valence-electron chi connectivity index (χ0n) is 16.9. The molecule has 9 heteroatoms. The molecule has 160 valence electrons. The first-order valence-corrected chi connectivity index (χ1v) is 11.0. The Labute approximate surface area is 187 Å². The molecule has 0 saturated carbocycles. The van der Waals surface area contributed by atoms with Crippen LogP contribution in [0.2, 0.25) is 0 Å². The van der Waals surface area contributed by atoms with Crippen LogP contribution in [0, 0.1) is 11.7 Å². The zero-order chi connectivity index (χ0) is 22.1. The third-order valence-electron chi connectivity index (χ3n) is 5.64. The largest absolute Gasteiger partial charge is 0.339 e. The highest BCUT2D eigenvalue weighted by Gasteiger charge is 2.30. The molecule has 7 nitrogen and oxygen atoms in total. The first-order valence-electron chi connectivity index (χ1n) is 10.2. The lowest BCUT2D eigenvalue weighted by Crippen LogP contribution is -2.40. The molecule has 1 saturated heterocycles. The number of fused-ring (bicyclic) bond motifs is 1. The smallest absolute Gasteiger partial charge is 0.256 e. The Balaban J connectivity index is 1.27. The van der Waals surface area contributed by atoms with Crippen molar-refractivity contribution in [2.75, 3.05) is 13.1 Å². The van der Waals surface area contributed by atoms with Crippen molar-refractivity contribution in [3.8, 4) is 10.6 Å². The van der Waals surface area contributed by atoms with Crippen LogP contribution in [0.4, 0.5) is 4.39 Å². The molecule has 1 aliphatic heterocycles. The van der Waals surface area contributed by atoms with Crippen LogP contribution in [-0.2, 0) is 0 Å². The first kappa shape index (κ1) is 20.3. The maximum absolute atomic E-state index is 14.0. The molecule has 4 heterocycles. The molecule has 0 aliphatic carbocycles. The maximum atomic E-state index is 14.0. The summed E-state index contributed by atoms with van der Waals surface area (Å²) in [4.78, 5) is 36.6. The van der Waals surface area contributed by atoms with E-state index < -0.39 is 5.82 Å². The summed E-state index contributed by atoms with van der Waals surface area (Å²) in [5.74, 6) is -0.844. The van der Waals surface area contributed by atoms with Gasteiger partial charge in [0.25, 0.3) is 5.91 Å². The average Bonchev–Trinajstić information content (AvgIpc) is 3.33.